The number of nitrogens with zero attached hydrogens (tertiary/aromatic N) is 2. The molecule has 0 amide bonds. The summed E-state index contributed by atoms with van der Waals surface area (Å²) in [6.45, 7) is 2.10. The standard InChI is InChI=1S/C6H9N3/c1-2-3-6-7-4-5-8-9-6/h4H,2-3H2,1H3,(H,7,9). The van der Waals surface area contributed by atoms with Gasteiger partial charge in [-0.05, 0) is 6.42 Å². The summed E-state index contributed by atoms with van der Waals surface area (Å²) >= 11 is 0. The van der Waals surface area contributed by atoms with Crippen LogP contribution in [0.1, 0.15) is 19.8 Å². The summed E-state index contributed by atoms with van der Waals surface area (Å²) in [5.41, 5.74) is 2.75. The van der Waals surface area contributed by atoms with E-state index < -0.39 is 0 Å². The Hall–Kier alpha value is -1.08. The normalized spacial score (nSPS) is 15.0. The van der Waals surface area contributed by atoms with Crippen molar-refractivity contribution in [2.75, 3.05) is 0 Å². The van der Waals surface area contributed by atoms with Crippen molar-refractivity contribution in [3.63, 3.8) is 0 Å². The molecule has 0 saturated carbocycles. The van der Waals surface area contributed by atoms with E-state index in [9.17, 15) is 0 Å². The SMILES string of the molecule is CCCC1=NC=C=NN1. The van der Waals surface area contributed by atoms with Crippen LogP contribution in [-0.4, -0.2) is 11.7 Å². The van der Waals surface area contributed by atoms with Crippen LogP contribution in [0.4, 0.5) is 0 Å². The Kier molecular flexibility index (Phi) is 2.05. The van der Waals surface area contributed by atoms with Crippen LogP contribution in [-0.2, 0) is 0 Å². The van der Waals surface area contributed by atoms with Gasteiger partial charge in [0.2, 0.25) is 0 Å². The lowest BCUT2D eigenvalue weighted by molar-refractivity contribution is 0.906. The van der Waals surface area contributed by atoms with Crippen LogP contribution in [0.5, 0.6) is 0 Å². The fourth-order valence-electron chi connectivity index (χ4n) is 0.619. The van der Waals surface area contributed by atoms with Crippen molar-refractivity contribution in [1.29, 1.82) is 0 Å². The van der Waals surface area contributed by atoms with Crippen LogP contribution in [0.2, 0.25) is 0 Å². The monoisotopic (exact) mass is 123 g/mol. The lowest BCUT2D eigenvalue weighted by atomic mass is 10.3. The van der Waals surface area contributed by atoms with Crippen LogP contribution in [0.3, 0.4) is 0 Å². The molecule has 1 heterocycles. The third kappa shape index (κ3) is 1.70. The van der Waals surface area contributed by atoms with Gasteiger partial charge >= 0.3 is 0 Å². The van der Waals surface area contributed by atoms with Gasteiger partial charge in [-0.25, -0.2) is 4.99 Å². The van der Waals surface area contributed by atoms with Crippen molar-refractivity contribution >= 4 is 11.7 Å². The molecule has 3 heteroatoms. The van der Waals surface area contributed by atoms with Crippen molar-refractivity contribution in [2.45, 2.75) is 19.8 Å². The summed E-state index contributed by atoms with van der Waals surface area (Å²) in [4.78, 5) is 3.99. The van der Waals surface area contributed by atoms with E-state index in [0.717, 1.165) is 18.7 Å². The molecule has 48 valence electrons. The number of aliphatic imine (C=N–C) groups is 1. The van der Waals surface area contributed by atoms with Gasteiger partial charge in [0.05, 0.1) is 6.20 Å². The van der Waals surface area contributed by atoms with Gasteiger partial charge in [-0.3, -0.25) is 5.43 Å². The maximum absolute atomic E-state index is 3.99. The molecule has 0 aromatic heterocycles. The van der Waals surface area contributed by atoms with Crippen LogP contribution >= 0.6 is 0 Å². The van der Waals surface area contributed by atoms with Crippen LogP contribution in [0.15, 0.2) is 16.3 Å². The van der Waals surface area contributed by atoms with Crippen molar-refractivity contribution in [3.8, 4) is 0 Å². The predicted molar refractivity (Wildman–Crippen MR) is 37.5 cm³/mol. The second-order valence-electron chi connectivity index (χ2n) is 1.81. The smallest absolute Gasteiger partial charge is 0.123 e. The van der Waals surface area contributed by atoms with E-state index in [1.165, 1.54) is 0 Å². The van der Waals surface area contributed by atoms with Gasteiger partial charge < -0.3 is 0 Å². The molecule has 9 heavy (non-hydrogen) atoms. The first kappa shape index (κ1) is 6.05. The summed E-state index contributed by atoms with van der Waals surface area (Å²) in [5, 5.41) is 3.69. The van der Waals surface area contributed by atoms with Crippen molar-refractivity contribution in [2.24, 2.45) is 10.1 Å². The summed E-state index contributed by atoms with van der Waals surface area (Å²) in [5.74, 6) is 3.50. The summed E-state index contributed by atoms with van der Waals surface area (Å²) in [6, 6.07) is 0. The molecule has 0 spiro atoms. The Morgan fingerprint density at radius 1 is 1.78 bits per heavy atom. The minimum Gasteiger partial charge on any atom is -0.257 e. The van der Waals surface area contributed by atoms with E-state index >= 15 is 0 Å². The Bertz CT molecular complexity index is 175. The summed E-state index contributed by atoms with van der Waals surface area (Å²) < 4.78 is 0. The molecule has 0 fully saturated rings. The Labute approximate surface area is 54.2 Å². The first-order valence-corrected chi connectivity index (χ1v) is 3.03. The molecule has 1 aliphatic heterocycles. The van der Waals surface area contributed by atoms with E-state index in [-0.39, 0.29) is 0 Å². The molecule has 0 aliphatic carbocycles. The molecule has 0 atom stereocenters. The number of hydrogen-bond donors (Lipinski definition) is 1. The Balaban J connectivity index is 2.45. The van der Waals surface area contributed by atoms with Gasteiger partial charge in [-0.1, -0.05) is 6.92 Å². The van der Waals surface area contributed by atoms with E-state index in [0.29, 0.717) is 0 Å². The molecule has 0 bridgehead atoms. The molecule has 0 aromatic carbocycles. The van der Waals surface area contributed by atoms with Gasteiger partial charge in [-0.2, -0.15) is 0 Å². The van der Waals surface area contributed by atoms with Crippen LogP contribution < -0.4 is 5.43 Å². The third-order valence-electron chi connectivity index (χ3n) is 1.01. The first-order chi connectivity index (χ1) is 4.43. The molecule has 1 N–H and O–H groups in total. The maximum Gasteiger partial charge on any atom is 0.123 e. The van der Waals surface area contributed by atoms with Crippen LogP contribution in [0.25, 0.3) is 0 Å². The topological polar surface area (TPSA) is 36.8 Å². The van der Waals surface area contributed by atoms with Crippen molar-refractivity contribution < 1.29 is 0 Å². The molecule has 0 unspecified atom stereocenters. The number of rotatable bonds is 2. The Morgan fingerprint density at radius 2 is 2.67 bits per heavy atom. The minimum absolute atomic E-state index is 0.927. The largest absolute Gasteiger partial charge is 0.257 e. The summed E-state index contributed by atoms with van der Waals surface area (Å²) in [6.07, 6.45) is 3.62. The number of hydrazone groups is 1. The average Bonchev–Trinajstić information content (AvgIpc) is 1.91. The number of nitrogens with one attached hydrogen (secondary N) is 1. The Morgan fingerprint density at radius 3 is 3.22 bits per heavy atom. The molecule has 3 nitrogen and oxygen atoms in total. The average molecular weight is 123 g/mol. The zero-order chi connectivity index (χ0) is 6.53. The highest BCUT2D eigenvalue weighted by Crippen LogP contribution is 1.90. The molecule has 1 rings (SSSR count). The molecule has 0 saturated heterocycles. The zero-order valence-corrected chi connectivity index (χ0v) is 5.39. The molecule has 0 radical (unpaired) electrons. The fourth-order valence-corrected chi connectivity index (χ4v) is 0.619. The van der Waals surface area contributed by atoms with E-state index in [1.54, 1.807) is 6.20 Å². The van der Waals surface area contributed by atoms with Crippen molar-refractivity contribution in [1.82, 2.24) is 5.43 Å². The van der Waals surface area contributed by atoms with Gasteiger partial charge in [0.1, 0.15) is 5.84 Å². The highest BCUT2D eigenvalue weighted by atomic mass is 15.3. The van der Waals surface area contributed by atoms with Gasteiger partial charge in [0.25, 0.3) is 0 Å². The number of amidine groups is 1. The van der Waals surface area contributed by atoms with Gasteiger partial charge in [0, 0.05) is 12.3 Å². The zero-order valence-electron chi connectivity index (χ0n) is 5.39. The minimum atomic E-state index is 0.927. The highest BCUT2D eigenvalue weighted by molar-refractivity contribution is 5.85. The maximum atomic E-state index is 3.99. The molecular formula is C6H9N3. The highest BCUT2D eigenvalue weighted by Gasteiger charge is 1.94. The second kappa shape index (κ2) is 3.05. The molecule has 1 aliphatic rings. The van der Waals surface area contributed by atoms with E-state index in [2.05, 4.69) is 28.3 Å². The van der Waals surface area contributed by atoms with Crippen molar-refractivity contribution in [3.05, 3.63) is 6.20 Å². The summed E-state index contributed by atoms with van der Waals surface area (Å²) in [7, 11) is 0. The lowest BCUT2D eigenvalue weighted by Gasteiger charge is -2.01. The third-order valence-corrected chi connectivity index (χ3v) is 1.01. The second-order valence-corrected chi connectivity index (χ2v) is 1.81. The van der Waals surface area contributed by atoms with E-state index in [4.69, 9.17) is 0 Å². The van der Waals surface area contributed by atoms with E-state index in [1.807, 2.05) is 0 Å². The molecule has 0 aromatic rings. The lowest BCUT2D eigenvalue weighted by Crippen LogP contribution is -2.17. The first-order valence-electron chi connectivity index (χ1n) is 3.03. The van der Waals surface area contributed by atoms with Gasteiger partial charge in [-0.15, -0.1) is 5.10 Å². The molecular weight excluding hydrogens is 114 g/mol. The van der Waals surface area contributed by atoms with Crippen LogP contribution in [0, 0.1) is 0 Å². The van der Waals surface area contributed by atoms with Gasteiger partial charge in [0.15, 0.2) is 0 Å². The number of hydrogen-bond acceptors (Lipinski definition) is 3. The fraction of sp³-hybridized carbons (Fsp3) is 0.500. The quantitative estimate of drug-likeness (QED) is 0.581. The predicted octanol–water partition coefficient (Wildman–Crippen LogP) is 0.887.